The van der Waals surface area contributed by atoms with Crippen LogP contribution in [0, 0.1) is 13.8 Å². The highest BCUT2D eigenvalue weighted by Gasteiger charge is 2.31. The van der Waals surface area contributed by atoms with Crippen molar-refractivity contribution in [2.75, 3.05) is 26.2 Å². The molecule has 1 N–H and O–H groups in total. The Morgan fingerprint density at radius 2 is 1.69 bits per heavy atom. The van der Waals surface area contributed by atoms with Crippen molar-refractivity contribution in [2.24, 2.45) is 0 Å². The van der Waals surface area contributed by atoms with Crippen molar-refractivity contribution in [3.05, 3.63) is 76.9 Å². The maximum Gasteiger partial charge on any atom is 0.122 e. The molecule has 3 aromatic rings. The Morgan fingerprint density at radius 3 is 2.49 bits per heavy atom. The fraction of sp³-hybridized carbons (Fsp3) is 0.438. The molecule has 5 rings (SSSR count). The standard InChI is InChI=1S/C32H40N2O/c1-23-28(26-13-14-27-22-33-17-15-25(27)21-26)9-5-10-29(23)30-11-6-12-31(24(30)2)35-20-8-19-34-18-7-16-32(34,3)4/h5-6,9-14,21,33H,7-8,15-20,22H2,1-4H3. The molecule has 35 heavy (non-hydrogen) atoms. The summed E-state index contributed by atoms with van der Waals surface area (Å²) in [6.07, 6.45) is 4.79. The minimum Gasteiger partial charge on any atom is -0.493 e. The van der Waals surface area contributed by atoms with Crippen molar-refractivity contribution >= 4 is 0 Å². The fourth-order valence-corrected chi connectivity index (χ4v) is 5.96. The molecular formula is C32H40N2O. The van der Waals surface area contributed by atoms with E-state index < -0.39 is 0 Å². The van der Waals surface area contributed by atoms with Gasteiger partial charge in [0, 0.05) is 18.6 Å². The predicted molar refractivity (Wildman–Crippen MR) is 147 cm³/mol. The van der Waals surface area contributed by atoms with Gasteiger partial charge in [-0.05, 0) is 117 Å². The number of nitrogens with zero attached hydrogens (tertiary/aromatic N) is 1. The van der Waals surface area contributed by atoms with Crippen molar-refractivity contribution in [1.82, 2.24) is 10.2 Å². The van der Waals surface area contributed by atoms with Gasteiger partial charge in [-0.15, -0.1) is 0 Å². The molecule has 2 aliphatic rings. The molecule has 0 bridgehead atoms. The zero-order valence-corrected chi connectivity index (χ0v) is 21.9. The van der Waals surface area contributed by atoms with Crippen LogP contribution in [-0.4, -0.2) is 36.7 Å². The highest BCUT2D eigenvalue weighted by molar-refractivity contribution is 5.80. The summed E-state index contributed by atoms with van der Waals surface area (Å²) in [4.78, 5) is 2.62. The van der Waals surface area contributed by atoms with Crippen LogP contribution in [0.1, 0.15) is 55.4 Å². The summed E-state index contributed by atoms with van der Waals surface area (Å²) in [5.74, 6) is 1.01. The van der Waals surface area contributed by atoms with E-state index in [1.54, 1.807) is 0 Å². The summed E-state index contributed by atoms with van der Waals surface area (Å²) < 4.78 is 6.31. The van der Waals surface area contributed by atoms with Crippen LogP contribution in [0.25, 0.3) is 22.3 Å². The third-order valence-electron chi connectivity index (χ3n) is 8.21. The summed E-state index contributed by atoms with van der Waals surface area (Å²) in [7, 11) is 0. The Bertz CT molecular complexity index is 1200. The largest absolute Gasteiger partial charge is 0.493 e. The van der Waals surface area contributed by atoms with Gasteiger partial charge < -0.3 is 10.1 Å². The van der Waals surface area contributed by atoms with Crippen molar-refractivity contribution in [2.45, 2.75) is 65.5 Å². The Labute approximate surface area is 211 Å². The molecule has 3 nitrogen and oxygen atoms in total. The molecule has 1 fully saturated rings. The van der Waals surface area contributed by atoms with Gasteiger partial charge in [0.05, 0.1) is 6.61 Å². The van der Waals surface area contributed by atoms with Gasteiger partial charge in [0.1, 0.15) is 5.75 Å². The first-order valence-electron chi connectivity index (χ1n) is 13.3. The second-order valence-corrected chi connectivity index (χ2v) is 10.9. The van der Waals surface area contributed by atoms with E-state index in [1.165, 1.54) is 63.9 Å². The first-order chi connectivity index (χ1) is 16.9. The molecule has 0 atom stereocenters. The van der Waals surface area contributed by atoms with Gasteiger partial charge in [-0.25, -0.2) is 0 Å². The average Bonchev–Trinajstić information content (AvgIpc) is 3.20. The molecule has 3 heteroatoms. The summed E-state index contributed by atoms with van der Waals surface area (Å²) in [6.45, 7) is 14.3. The van der Waals surface area contributed by atoms with E-state index in [4.69, 9.17) is 4.74 Å². The van der Waals surface area contributed by atoms with Gasteiger partial charge in [-0.1, -0.05) is 48.5 Å². The SMILES string of the molecule is Cc1c(OCCCN2CCCC2(C)C)cccc1-c1cccc(-c2ccc3c(c2)CCNC3)c1C. The van der Waals surface area contributed by atoms with Crippen LogP contribution in [0.2, 0.25) is 0 Å². The number of fused-ring (bicyclic) bond motifs is 1. The van der Waals surface area contributed by atoms with E-state index in [9.17, 15) is 0 Å². The molecule has 184 valence electrons. The number of benzene rings is 3. The van der Waals surface area contributed by atoms with Gasteiger partial charge in [0.25, 0.3) is 0 Å². The van der Waals surface area contributed by atoms with Crippen molar-refractivity contribution < 1.29 is 4.74 Å². The Kier molecular flexibility index (Phi) is 7.00. The summed E-state index contributed by atoms with van der Waals surface area (Å²) in [5, 5.41) is 3.48. The maximum atomic E-state index is 6.31. The fourth-order valence-electron chi connectivity index (χ4n) is 5.96. The minimum absolute atomic E-state index is 0.341. The van der Waals surface area contributed by atoms with Gasteiger partial charge in [0.15, 0.2) is 0 Å². The number of ether oxygens (including phenoxy) is 1. The molecule has 2 heterocycles. The summed E-state index contributed by atoms with van der Waals surface area (Å²) in [6, 6.07) is 20.2. The number of hydrogen-bond donors (Lipinski definition) is 1. The Hall–Kier alpha value is -2.62. The molecular weight excluding hydrogens is 428 g/mol. The van der Waals surface area contributed by atoms with E-state index in [1.807, 2.05) is 0 Å². The van der Waals surface area contributed by atoms with E-state index >= 15 is 0 Å². The zero-order chi connectivity index (χ0) is 24.4. The molecule has 0 aromatic heterocycles. The van der Waals surface area contributed by atoms with Gasteiger partial charge >= 0.3 is 0 Å². The first-order valence-corrected chi connectivity index (χ1v) is 13.3. The third-order valence-corrected chi connectivity index (χ3v) is 8.21. The maximum absolute atomic E-state index is 6.31. The predicted octanol–water partition coefficient (Wildman–Crippen LogP) is 6.93. The second-order valence-electron chi connectivity index (χ2n) is 10.9. The molecule has 0 radical (unpaired) electrons. The van der Waals surface area contributed by atoms with Crippen molar-refractivity contribution in [1.29, 1.82) is 0 Å². The van der Waals surface area contributed by atoms with Crippen molar-refractivity contribution in [3.63, 3.8) is 0 Å². The van der Waals surface area contributed by atoms with Crippen LogP contribution in [0.5, 0.6) is 5.75 Å². The minimum atomic E-state index is 0.341. The molecule has 0 amide bonds. The normalized spacial score (nSPS) is 17.4. The molecule has 0 saturated carbocycles. The van der Waals surface area contributed by atoms with Crippen LogP contribution in [-0.2, 0) is 13.0 Å². The zero-order valence-electron chi connectivity index (χ0n) is 21.9. The van der Waals surface area contributed by atoms with E-state index in [0.29, 0.717) is 5.54 Å². The summed E-state index contributed by atoms with van der Waals surface area (Å²) >= 11 is 0. The number of rotatable bonds is 7. The molecule has 0 unspecified atom stereocenters. The van der Waals surface area contributed by atoms with Gasteiger partial charge in [-0.3, -0.25) is 4.90 Å². The lowest BCUT2D eigenvalue weighted by Gasteiger charge is -2.31. The summed E-state index contributed by atoms with van der Waals surface area (Å²) in [5.41, 5.74) is 11.0. The number of hydrogen-bond acceptors (Lipinski definition) is 3. The molecule has 0 spiro atoms. The Balaban J connectivity index is 1.34. The molecule has 0 aliphatic carbocycles. The van der Waals surface area contributed by atoms with Crippen LogP contribution in [0.3, 0.4) is 0 Å². The van der Waals surface area contributed by atoms with E-state index in [-0.39, 0.29) is 0 Å². The lowest BCUT2D eigenvalue weighted by Crippen LogP contribution is -2.39. The van der Waals surface area contributed by atoms with Gasteiger partial charge in [0.2, 0.25) is 0 Å². The van der Waals surface area contributed by atoms with Crippen LogP contribution >= 0.6 is 0 Å². The smallest absolute Gasteiger partial charge is 0.122 e. The van der Waals surface area contributed by atoms with Crippen LogP contribution < -0.4 is 10.1 Å². The highest BCUT2D eigenvalue weighted by atomic mass is 16.5. The topological polar surface area (TPSA) is 24.5 Å². The third kappa shape index (κ3) is 5.03. The number of nitrogens with one attached hydrogen (secondary N) is 1. The lowest BCUT2D eigenvalue weighted by molar-refractivity contribution is 0.160. The number of likely N-dealkylation sites (tertiary alicyclic amines) is 1. The van der Waals surface area contributed by atoms with E-state index in [2.05, 4.69) is 92.5 Å². The molecule has 3 aromatic carbocycles. The van der Waals surface area contributed by atoms with E-state index in [0.717, 1.165) is 44.8 Å². The molecule has 1 saturated heterocycles. The lowest BCUT2D eigenvalue weighted by atomic mass is 9.89. The second kappa shape index (κ2) is 10.2. The molecule has 2 aliphatic heterocycles. The monoisotopic (exact) mass is 468 g/mol. The van der Waals surface area contributed by atoms with Crippen LogP contribution in [0.4, 0.5) is 0 Å². The Morgan fingerprint density at radius 1 is 0.914 bits per heavy atom. The van der Waals surface area contributed by atoms with Crippen LogP contribution in [0.15, 0.2) is 54.6 Å². The first kappa shape index (κ1) is 24.1. The quantitative estimate of drug-likeness (QED) is 0.381. The average molecular weight is 469 g/mol. The van der Waals surface area contributed by atoms with Crippen molar-refractivity contribution in [3.8, 4) is 28.0 Å². The highest BCUT2D eigenvalue weighted by Crippen LogP contribution is 2.37. The van der Waals surface area contributed by atoms with Gasteiger partial charge in [-0.2, -0.15) is 0 Å².